The highest BCUT2D eigenvalue weighted by molar-refractivity contribution is 7.26. The van der Waals surface area contributed by atoms with Gasteiger partial charge < -0.3 is 0 Å². The molecule has 0 aliphatic rings. The summed E-state index contributed by atoms with van der Waals surface area (Å²) in [5.74, 6) is 1.54. The smallest absolute Gasteiger partial charge is 0.162 e. The summed E-state index contributed by atoms with van der Waals surface area (Å²) in [7, 11) is 0. The van der Waals surface area contributed by atoms with Crippen LogP contribution in [0, 0.1) is 0 Å². The fourth-order valence-electron chi connectivity index (χ4n) is 7.83. The number of aromatic nitrogens is 4. The third-order valence-corrected chi connectivity index (χ3v) is 11.4. The van der Waals surface area contributed by atoms with E-state index in [9.17, 15) is 0 Å². The van der Waals surface area contributed by atoms with Crippen LogP contribution in [0.1, 0.15) is 0 Å². The highest BCUT2D eigenvalue weighted by Gasteiger charge is 2.19. The van der Waals surface area contributed by atoms with E-state index in [1.165, 1.54) is 47.1 Å². The Morgan fingerprint density at radius 2 is 1.06 bits per heavy atom. The molecule has 0 radical (unpaired) electrons. The van der Waals surface area contributed by atoms with Crippen molar-refractivity contribution >= 4 is 75.0 Å². The molecule has 4 aromatic heterocycles. The number of rotatable bonds is 4. The average Bonchev–Trinajstić information content (AvgIpc) is 3.76. The summed E-state index contributed by atoms with van der Waals surface area (Å²) in [6, 6.07) is 59.9. The molecule has 0 aliphatic heterocycles. The van der Waals surface area contributed by atoms with Crippen molar-refractivity contribution in [1.29, 1.82) is 0 Å². The fourth-order valence-corrected chi connectivity index (χ4v) is 9.07. The lowest BCUT2D eigenvalue weighted by molar-refractivity contribution is 1.05. The van der Waals surface area contributed by atoms with E-state index in [0.29, 0.717) is 5.82 Å². The van der Waals surface area contributed by atoms with Crippen molar-refractivity contribution in [3.05, 3.63) is 170 Å². The van der Waals surface area contributed by atoms with E-state index in [1.54, 1.807) is 0 Å². The molecule has 0 atom stereocenters. The first kappa shape index (κ1) is 29.1. The van der Waals surface area contributed by atoms with Crippen molar-refractivity contribution in [3.8, 4) is 39.7 Å². The average molecular weight is 681 g/mol. The Labute approximate surface area is 302 Å². The number of hydrogen-bond donors (Lipinski definition) is 0. The Morgan fingerprint density at radius 3 is 1.81 bits per heavy atom. The molecule has 7 aromatic carbocycles. The van der Waals surface area contributed by atoms with Crippen molar-refractivity contribution in [3.63, 3.8) is 0 Å². The predicted octanol–water partition coefficient (Wildman–Crippen LogP) is 12.6. The second kappa shape index (κ2) is 11.4. The first-order valence-corrected chi connectivity index (χ1v) is 18.3. The SMILES string of the molecule is c1ccc(-c2nc(-c3ccc4sc5c(ccc6c(-c7ccccc7)nc7ccccc7c65)c4c3)cc(-n3c4ccccc4c4ccccc43)n2)cc1. The molecule has 0 amide bonds. The van der Waals surface area contributed by atoms with Gasteiger partial charge in [-0.15, -0.1) is 11.3 Å². The van der Waals surface area contributed by atoms with Gasteiger partial charge in [-0.05, 0) is 30.3 Å². The zero-order valence-electron chi connectivity index (χ0n) is 27.9. The number of para-hydroxylation sites is 3. The molecule has 0 saturated heterocycles. The molecule has 0 bridgehead atoms. The Morgan fingerprint density at radius 1 is 0.423 bits per heavy atom. The van der Waals surface area contributed by atoms with Crippen LogP contribution in [0.25, 0.3) is 103 Å². The maximum absolute atomic E-state index is 5.22. The van der Waals surface area contributed by atoms with Crippen LogP contribution in [-0.2, 0) is 0 Å². The van der Waals surface area contributed by atoms with Crippen molar-refractivity contribution in [2.24, 2.45) is 0 Å². The van der Waals surface area contributed by atoms with E-state index in [2.05, 4.69) is 156 Å². The normalized spacial score (nSPS) is 11.8. The van der Waals surface area contributed by atoms with E-state index in [1.807, 2.05) is 29.5 Å². The second-order valence-electron chi connectivity index (χ2n) is 13.2. The first-order valence-electron chi connectivity index (χ1n) is 17.5. The van der Waals surface area contributed by atoms with Crippen LogP contribution in [0.5, 0.6) is 0 Å². The largest absolute Gasteiger partial charge is 0.294 e. The Balaban J connectivity index is 1.16. The summed E-state index contributed by atoms with van der Waals surface area (Å²) in [5.41, 5.74) is 8.30. The van der Waals surface area contributed by atoms with Crippen molar-refractivity contribution in [2.45, 2.75) is 0 Å². The third-order valence-electron chi connectivity index (χ3n) is 10.2. The molecular formula is C47H28N4S. The Bertz CT molecular complexity index is 3130. The Kier molecular flexibility index (Phi) is 6.39. The highest BCUT2D eigenvalue weighted by atomic mass is 32.1. The second-order valence-corrected chi connectivity index (χ2v) is 14.2. The van der Waals surface area contributed by atoms with Crippen LogP contribution in [0.3, 0.4) is 0 Å². The van der Waals surface area contributed by atoms with E-state index >= 15 is 0 Å². The topological polar surface area (TPSA) is 43.6 Å². The number of fused-ring (bicyclic) bond motifs is 10. The maximum Gasteiger partial charge on any atom is 0.162 e. The molecule has 0 saturated carbocycles. The van der Waals surface area contributed by atoms with Crippen LogP contribution in [0.2, 0.25) is 0 Å². The van der Waals surface area contributed by atoms with Gasteiger partial charge in [0.05, 0.1) is 27.9 Å². The van der Waals surface area contributed by atoms with Gasteiger partial charge in [0.25, 0.3) is 0 Å². The molecule has 52 heavy (non-hydrogen) atoms. The molecule has 4 nitrogen and oxygen atoms in total. The highest BCUT2D eigenvalue weighted by Crippen LogP contribution is 2.44. The summed E-state index contributed by atoms with van der Waals surface area (Å²) in [4.78, 5) is 15.6. The zero-order chi connectivity index (χ0) is 34.2. The van der Waals surface area contributed by atoms with E-state index in [4.69, 9.17) is 15.0 Å². The standard InChI is InChI=1S/C47H28N4S/c1-3-13-29(14-4-1)45-36-25-24-34-37-27-31(23-26-42(37)52-46(34)44(36)35-19-7-10-20-38(35)48-45)39-28-43(50-47(49-39)30-15-5-2-6-16-30)51-40-21-11-8-17-32(40)33-18-9-12-22-41(33)51/h1-28H. The van der Waals surface area contributed by atoms with Crippen LogP contribution in [-0.4, -0.2) is 19.5 Å². The number of nitrogens with zero attached hydrogens (tertiary/aromatic N) is 4. The number of thiophene rings is 1. The molecule has 0 unspecified atom stereocenters. The van der Waals surface area contributed by atoms with Gasteiger partial charge in [0.15, 0.2) is 5.82 Å². The van der Waals surface area contributed by atoms with Crippen LogP contribution < -0.4 is 0 Å². The lowest BCUT2D eigenvalue weighted by atomic mass is 9.97. The van der Waals surface area contributed by atoms with Crippen LogP contribution in [0.15, 0.2) is 170 Å². The summed E-state index contributed by atoms with van der Waals surface area (Å²) in [6.07, 6.45) is 0. The van der Waals surface area contributed by atoms with Gasteiger partial charge in [0.1, 0.15) is 5.82 Å². The van der Waals surface area contributed by atoms with Crippen molar-refractivity contribution in [1.82, 2.24) is 19.5 Å². The summed E-state index contributed by atoms with van der Waals surface area (Å²) >= 11 is 1.85. The van der Waals surface area contributed by atoms with Crippen LogP contribution in [0.4, 0.5) is 0 Å². The quantitative estimate of drug-likeness (QED) is 0.174. The molecule has 0 N–H and O–H groups in total. The fraction of sp³-hybridized carbons (Fsp3) is 0. The van der Waals surface area contributed by atoms with Gasteiger partial charge >= 0.3 is 0 Å². The minimum Gasteiger partial charge on any atom is -0.294 e. The Hall–Kier alpha value is -6.69. The monoisotopic (exact) mass is 680 g/mol. The van der Waals surface area contributed by atoms with Gasteiger partial charge in [-0.1, -0.05) is 133 Å². The molecule has 0 aliphatic carbocycles. The van der Waals surface area contributed by atoms with Crippen molar-refractivity contribution < 1.29 is 0 Å². The molecule has 242 valence electrons. The van der Waals surface area contributed by atoms with E-state index in [-0.39, 0.29) is 0 Å². The molecule has 11 rings (SSSR count). The van der Waals surface area contributed by atoms with Gasteiger partial charge in [-0.3, -0.25) is 4.57 Å². The van der Waals surface area contributed by atoms with Gasteiger partial charge in [-0.2, -0.15) is 0 Å². The van der Waals surface area contributed by atoms with E-state index < -0.39 is 0 Å². The number of benzene rings is 7. The summed E-state index contributed by atoms with van der Waals surface area (Å²) in [5, 5.41) is 8.47. The summed E-state index contributed by atoms with van der Waals surface area (Å²) in [6.45, 7) is 0. The number of pyridine rings is 1. The molecule has 11 aromatic rings. The zero-order valence-corrected chi connectivity index (χ0v) is 28.7. The van der Waals surface area contributed by atoms with Crippen LogP contribution >= 0.6 is 11.3 Å². The maximum atomic E-state index is 5.22. The van der Waals surface area contributed by atoms with Gasteiger partial charge in [0, 0.05) is 69.9 Å². The third kappa shape index (κ3) is 4.43. The molecule has 5 heteroatoms. The molecule has 0 spiro atoms. The van der Waals surface area contributed by atoms with Gasteiger partial charge in [-0.25, -0.2) is 15.0 Å². The lowest BCUT2D eigenvalue weighted by Gasteiger charge is -2.12. The molecule has 4 heterocycles. The van der Waals surface area contributed by atoms with E-state index in [0.717, 1.165) is 50.4 Å². The molecule has 0 fully saturated rings. The number of hydrogen-bond acceptors (Lipinski definition) is 4. The van der Waals surface area contributed by atoms with Gasteiger partial charge in [0.2, 0.25) is 0 Å². The minimum atomic E-state index is 0.698. The minimum absolute atomic E-state index is 0.698. The van der Waals surface area contributed by atoms with Crippen molar-refractivity contribution in [2.75, 3.05) is 0 Å². The lowest BCUT2D eigenvalue weighted by Crippen LogP contribution is -2.02. The first-order chi connectivity index (χ1) is 25.8. The summed E-state index contributed by atoms with van der Waals surface area (Å²) < 4.78 is 4.79. The molecular weight excluding hydrogens is 653 g/mol. The predicted molar refractivity (Wildman–Crippen MR) is 218 cm³/mol.